The number of aromatic nitrogens is 3. The van der Waals surface area contributed by atoms with Crippen LogP contribution in [0.4, 0.5) is 11.5 Å². The van der Waals surface area contributed by atoms with Crippen molar-refractivity contribution in [1.29, 1.82) is 0 Å². The zero-order chi connectivity index (χ0) is 22.9. The van der Waals surface area contributed by atoms with Gasteiger partial charge in [0.25, 0.3) is 17.4 Å². The van der Waals surface area contributed by atoms with Gasteiger partial charge in [-0.3, -0.25) is 19.3 Å². The van der Waals surface area contributed by atoms with Crippen molar-refractivity contribution in [2.75, 3.05) is 18.1 Å². The molecule has 9 heteroatoms. The molecule has 2 aromatic heterocycles. The lowest BCUT2D eigenvalue weighted by atomic mass is 10.1. The number of anilines is 2. The van der Waals surface area contributed by atoms with E-state index in [4.69, 9.17) is 0 Å². The van der Waals surface area contributed by atoms with E-state index in [9.17, 15) is 14.4 Å². The number of imide groups is 1. The van der Waals surface area contributed by atoms with Gasteiger partial charge in [0.05, 0.1) is 16.6 Å². The Morgan fingerprint density at radius 3 is 2.45 bits per heavy atom. The molecule has 5 rings (SSSR count). The van der Waals surface area contributed by atoms with Gasteiger partial charge < -0.3 is 10.3 Å². The molecule has 3 heterocycles. The summed E-state index contributed by atoms with van der Waals surface area (Å²) < 4.78 is 0. The molecule has 0 bridgehead atoms. The van der Waals surface area contributed by atoms with Crippen LogP contribution in [-0.4, -0.2) is 44.5 Å². The molecule has 8 nitrogen and oxygen atoms in total. The first-order valence-electron chi connectivity index (χ1n) is 10.3. The van der Waals surface area contributed by atoms with E-state index in [0.29, 0.717) is 39.4 Å². The SMILES string of the molecule is CSc1nc(Nc2cccc(CCN3C(=O)c4ccccc4C3=O)c2)c2c(=O)[nH]ccc2n1. The molecule has 0 radical (unpaired) electrons. The topological polar surface area (TPSA) is 108 Å². The molecule has 1 aliphatic heterocycles. The highest BCUT2D eigenvalue weighted by molar-refractivity contribution is 7.98. The summed E-state index contributed by atoms with van der Waals surface area (Å²) in [5.41, 5.74) is 2.86. The Morgan fingerprint density at radius 2 is 1.73 bits per heavy atom. The van der Waals surface area contributed by atoms with Crippen LogP contribution in [0.25, 0.3) is 10.9 Å². The van der Waals surface area contributed by atoms with Crippen LogP contribution in [0, 0.1) is 0 Å². The van der Waals surface area contributed by atoms with Gasteiger partial charge in [-0.05, 0) is 48.6 Å². The second-order valence-electron chi connectivity index (χ2n) is 7.51. The minimum absolute atomic E-state index is 0.263. The number of hydrogen-bond acceptors (Lipinski definition) is 7. The maximum Gasteiger partial charge on any atom is 0.261 e. The predicted octanol–water partition coefficient (Wildman–Crippen LogP) is 3.62. The minimum atomic E-state index is -0.274. The van der Waals surface area contributed by atoms with E-state index in [-0.39, 0.29) is 23.9 Å². The van der Waals surface area contributed by atoms with Crippen molar-refractivity contribution >= 4 is 46.0 Å². The standard InChI is InChI=1S/C24H19N5O3S/c1-33-24-27-18-9-11-25-21(30)19(18)20(28-24)26-15-6-4-5-14(13-15)10-12-29-22(31)16-7-2-3-8-17(16)23(29)32/h2-9,11,13H,10,12H2,1H3,(H,25,30)(H,26,27,28). The predicted molar refractivity (Wildman–Crippen MR) is 127 cm³/mol. The summed E-state index contributed by atoms with van der Waals surface area (Å²) in [6.45, 7) is 0.280. The normalized spacial score (nSPS) is 12.9. The number of benzene rings is 2. The van der Waals surface area contributed by atoms with E-state index >= 15 is 0 Å². The smallest absolute Gasteiger partial charge is 0.261 e. The molecule has 2 N–H and O–H groups in total. The van der Waals surface area contributed by atoms with E-state index in [1.807, 2.05) is 30.5 Å². The highest BCUT2D eigenvalue weighted by atomic mass is 32.2. The number of rotatable bonds is 6. The average molecular weight is 458 g/mol. The monoisotopic (exact) mass is 457 g/mol. The van der Waals surface area contributed by atoms with Gasteiger partial charge in [-0.1, -0.05) is 36.0 Å². The van der Waals surface area contributed by atoms with Crippen molar-refractivity contribution in [2.24, 2.45) is 0 Å². The van der Waals surface area contributed by atoms with Gasteiger partial charge in [-0.15, -0.1) is 0 Å². The molecule has 0 spiro atoms. The summed E-state index contributed by atoms with van der Waals surface area (Å²) in [4.78, 5) is 50.4. The lowest BCUT2D eigenvalue weighted by molar-refractivity contribution is 0.0656. The molecule has 2 amide bonds. The number of nitrogens with zero attached hydrogens (tertiary/aromatic N) is 3. The van der Waals surface area contributed by atoms with Gasteiger partial charge in [0.2, 0.25) is 0 Å². The van der Waals surface area contributed by atoms with Gasteiger partial charge in [0.15, 0.2) is 5.16 Å². The van der Waals surface area contributed by atoms with Gasteiger partial charge in [-0.25, -0.2) is 9.97 Å². The molecule has 0 atom stereocenters. The Balaban J connectivity index is 1.38. The maximum atomic E-state index is 12.6. The summed E-state index contributed by atoms with van der Waals surface area (Å²) in [6, 6.07) is 16.2. The van der Waals surface area contributed by atoms with Crippen LogP contribution >= 0.6 is 11.8 Å². The van der Waals surface area contributed by atoms with Crippen LogP contribution < -0.4 is 10.9 Å². The second-order valence-corrected chi connectivity index (χ2v) is 8.28. The molecule has 33 heavy (non-hydrogen) atoms. The average Bonchev–Trinajstić information content (AvgIpc) is 3.07. The molecule has 0 unspecified atom stereocenters. The first kappa shape index (κ1) is 20.9. The third-order valence-corrected chi connectivity index (χ3v) is 6.02. The zero-order valence-corrected chi connectivity index (χ0v) is 18.5. The molecule has 0 saturated carbocycles. The summed E-state index contributed by atoms with van der Waals surface area (Å²) in [6.07, 6.45) is 3.94. The lowest BCUT2D eigenvalue weighted by Gasteiger charge is -2.14. The maximum absolute atomic E-state index is 12.6. The van der Waals surface area contributed by atoms with Crippen molar-refractivity contribution in [1.82, 2.24) is 19.9 Å². The minimum Gasteiger partial charge on any atom is -0.339 e. The number of nitrogens with one attached hydrogen (secondary N) is 2. The molecule has 164 valence electrons. The fourth-order valence-corrected chi connectivity index (χ4v) is 4.25. The van der Waals surface area contributed by atoms with Gasteiger partial charge in [-0.2, -0.15) is 0 Å². The number of hydrogen-bond donors (Lipinski definition) is 2. The Morgan fingerprint density at radius 1 is 0.970 bits per heavy atom. The number of carbonyl (C=O) groups excluding carboxylic acids is 2. The largest absolute Gasteiger partial charge is 0.339 e. The molecule has 0 aliphatic carbocycles. The van der Waals surface area contributed by atoms with Crippen LogP contribution in [0.3, 0.4) is 0 Å². The lowest BCUT2D eigenvalue weighted by Crippen LogP contribution is -2.31. The Hall–Kier alpha value is -3.98. The fourth-order valence-electron chi connectivity index (χ4n) is 3.88. The summed E-state index contributed by atoms with van der Waals surface area (Å²) in [5, 5.41) is 4.16. The molecule has 4 aromatic rings. The molecular formula is C24H19N5O3S. The first-order valence-corrected chi connectivity index (χ1v) is 11.5. The first-order chi connectivity index (χ1) is 16.0. The zero-order valence-electron chi connectivity index (χ0n) is 17.7. The van der Waals surface area contributed by atoms with E-state index in [1.165, 1.54) is 16.7 Å². The van der Waals surface area contributed by atoms with E-state index < -0.39 is 0 Å². The van der Waals surface area contributed by atoms with E-state index in [0.717, 1.165) is 11.3 Å². The van der Waals surface area contributed by atoms with Crippen LogP contribution in [-0.2, 0) is 6.42 Å². The van der Waals surface area contributed by atoms with E-state index in [1.54, 1.807) is 36.5 Å². The summed E-state index contributed by atoms with van der Waals surface area (Å²) >= 11 is 1.39. The summed E-state index contributed by atoms with van der Waals surface area (Å²) in [5.74, 6) is -0.106. The second kappa shape index (κ2) is 8.51. The fraction of sp³-hybridized carbons (Fsp3) is 0.125. The van der Waals surface area contributed by atoms with Crippen LogP contribution in [0.5, 0.6) is 0 Å². The van der Waals surface area contributed by atoms with Crippen molar-refractivity contribution < 1.29 is 9.59 Å². The quantitative estimate of drug-likeness (QED) is 0.259. The number of carbonyl (C=O) groups is 2. The number of thioether (sulfide) groups is 1. The van der Waals surface area contributed by atoms with Gasteiger partial charge >= 0.3 is 0 Å². The molecule has 1 aliphatic rings. The number of aromatic amines is 1. The van der Waals surface area contributed by atoms with Crippen LogP contribution in [0.2, 0.25) is 0 Å². The number of pyridine rings is 1. The van der Waals surface area contributed by atoms with Gasteiger partial charge in [0.1, 0.15) is 11.2 Å². The number of amides is 2. The third-order valence-electron chi connectivity index (χ3n) is 5.47. The van der Waals surface area contributed by atoms with E-state index in [2.05, 4.69) is 20.3 Å². The highest BCUT2D eigenvalue weighted by Gasteiger charge is 2.34. The number of fused-ring (bicyclic) bond motifs is 2. The number of H-pyrrole nitrogens is 1. The molecule has 2 aromatic carbocycles. The van der Waals surface area contributed by atoms with Crippen molar-refractivity contribution in [3.05, 3.63) is 87.8 Å². The molecule has 0 fully saturated rings. The molecule has 0 saturated heterocycles. The molecular weight excluding hydrogens is 438 g/mol. The third kappa shape index (κ3) is 3.87. The Kier molecular flexibility index (Phi) is 5.39. The Labute approximate surface area is 193 Å². The van der Waals surface area contributed by atoms with Crippen molar-refractivity contribution in [3.63, 3.8) is 0 Å². The van der Waals surface area contributed by atoms with Crippen molar-refractivity contribution in [2.45, 2.75) is 11.6 Å². The van der Waals surface area contributed by atoms with Crippen molar-refractivity contribution in [3.8, 4) is 0 Å². The van der Waals surface area contributed by atoms with Crippen LogP contribution in [0.1, 0.15) is 26.3 Å². The highest BCUT2D eigenvalue weighted by Crippen LogP contribution is 2.25. The Bertz CT molecular complexity index is 1430. The summed E-state index contributed by atoms with van der Waals surface area (Å²) in [7, 11) is 0. The van der Waals surface area contributed by atoms with Gasteiger partial charge in [0, 0.05) is 18.4 Å². The van der Waals surface area contributed by atoms with Crippen LogP contribution in [0.15, 0.2) is 70.7 Å².